The first-order valence-corrected chi connectivity index (χ1v) is 6.57. The van der Waals surface area contributed by atoms with Crippen molar-refractivity contribution < 1.29 is 9.94 Å². The van der Waals surface area contributed by atoms with Crippen molar-refractivity contribution in [2.75, 3.05) is 19.5 Å². The summed E-state index contributed by atoms with van der Waals surface area (Å²) in [6.07, 6.45) is 1.03. The van der Waals surface area contributed by atoms with Crippen molar-refractivity contribution in [1.29, 1.82) is 0 Å². The first-order chi connectivity index (χ1) is 8.29. The van der Waals surface area contributed by atoms with Crippen molar-refractivity contribution in [1.82, 2.24) is 0 Å². The van der Waals surface area contributed by atoms with Gasteiger partial charge in [-0.1, -0.05) is 29.4 Å². The van der Waals surface area contributed by atoms with Gasteiger partial charge in [-0.3, -0.25) is 0 Å². The van der Waals surface area contributed by atoms with Crippen LogP contribution < -0.4 is 5.73 Å². The Morgan fingerprint density at radius 2 is 2.24 bits per heavy atom. The van der Waals surface area contributed by atoms with Crippen molar-refractivity contribution in [2.45, 2.75) is 12.2 Å². The lowest BCUT2D eigenvalue weighted by atomic mass is 10.1. The normalized spacial score (nSPS) is 11.7. The number of amidine groups is 1. The smallest absolute Gasteiger partial charge is 0.170 e. The first-order valence-electron chi connectivity index (χ1n) is 5.42. The Balaban J connectivity index is 2.53. The minimum absolute atomic E-state index is 0.165. The summed E-state index contributed by atoms with van der Waals surface area (Å²) in [4.78, 5) is 0. The highest BCUT2D eigenvalue weighted by Gasteiger charge is 2.05. The summed E-state index contributed by atoms with van der Waals surface area (Å²) in [6, 6.07) is 7.70. The van der Waals surface area contributed by atoms with E-state index in [2.05, 4.69) is 5.16 Å². The van der Waals surface area contributed by atoms with E-state index < -0.39 is 0 Å². The van der Waals surface area contributed by atoms with Gasteiger partial charge >= 0.3 is 0 Å². The van der Waals surface area contributed by atoms with Crippen LogP contribution in [0.3, 0.4) is 0 Å². The predicted molar refractivity (Wildman–Crippen MR) is 71.6 cm³/mol. The molecule has 0 fully saturated rings. The van der Waals surface area contributed by atoms with Gasteiger partial charge in [-0.05, 0) is 17.7 Å². The lowest BCUT2D eigenvalue weighted by Gasteiger charge is -2.07. The van der Waals surface area contributed by atoms with Crippen LogP contribution in [0, 0.1) is 0 Å². The number of nitrogens with two attached hydrogens (primary N) is 1. The summed E-state index contributed by atoms with van der Waals surface area (Å²) in [5.41, 5.74) is 7.51. The number of benzene rings is 1. The van der Waals surface area contributed by atoms with Gasteiger partial charge in [-0.2, -0.15) is 11.8 Å². The van der Waals surface area contributed by atoms with E-state index in [1.54, 1.807) is 7.11 Å². The van der Waals surface area contributed by atoms with Crippen molar-refractivity contribution >= 4 is 17.6 Å². The van der Waals surface area contributed by atoms with Gasteiger partial charge in [0.05, 0.1) is 0 Å². The number of nitrogens with zero attached hydrogens (tertiary/aromatic N) is 1. The highest BCUT2D eigenvalue weighted by atomic mass is 32.2. The number of oxime groups is 1. The zero-order valence-corrected chi connectivity index (χ0v) is 10.7. The maximum Gasteiger partial charge on any atom is 0.170 e. The average Bonchev–Trinajstić information content (AvgIpc) is 2.38. The molecule has 0 unspecified atom stereocenters. The molecule has 0 aliphatic carbocycles. The van der Waals surface area contributed by atoms with Crippen LogP contribution in [0.25, 0.3) is 0 Å². The molecule has 1 aromatic rings. The zero-order chi connectivity index (χ0) is 12.5. The van der Waals surface area contributed by atoms with Crippen LogP contribution in [0.1, 0.15) is 17.5 Å². The van der Waals surface area contributed by atoms with Crippen molar-refractivity contribution in [3.8, 4) is 0 Å². The molecule has 0 atom stereocenters. The van der Waals surface area contributed by atoms with E-state index in [1.165, 1.54) is 0 Å². The largest absolute Gasteiger partial charge is 0.409 e. The number of methoxy groups -OCH3 is 1. The molecule has 5 heteroatoms. The topological polar surface area (TPSA) is 67.8 Å². The molecular weight excluding hydrogens is 236 g/mol. The van der Waals surface area contributed by atoms with E-state index in [0.717, 1.165) is 35.7 Å². The minimum atomic E-state index is 0.165. The Morgan fingerprint density at radius 3 is 2.94 bits per heavy atom. The second-order valence-electron chi connectivity index (χ2n) is 3.54. The molecule has 0 heterocycles. The third-order valence-electron chi connectivity index (χ3n) is 2.30. The molecular formula is C12H18N2O2S. The van der Waals surface area contributed by atoms with Gasteiger partial charge in [-0.25, -0.2) is 0 Å². The van der Waals surface area contributed by atoms with Crippen molar-refractivity contribution in [2.24, 2.45) is 10.9 Å². The quantitative estimate of drug-likeness (QED) is 0.257. The Hall–Kier alpha value is -1.20. The van der Waals surface area contributed by atoms with E-state index in [0.29, 0.717) is 0 Å². The third-order valence-corrected chi connectivity index (χ3v) is 3.39. The molecule has 4 nitrogen and oxygen atoms in total. The van der Waals surface area contributed by atoms with Crippen LogP contribution in [0.4, 0.5) is 0 Å². The molecule has 0 radical (unpaired) electrons. The summed E-state index contributed by atoms with van der Waals surface area (Å²) >= 11 is 1.82. The molecule has 94 valence electrons. The van der Waals surface area contributed by atoms with Crippen LogP contribution in [-0.4, -0.2) is 30.5 Å². The molecule has 0 saturated carbocycles. The molecule has 0 saturated heterocycles. The monoisotopic (exact) mass is 254 g/mol. The summed E-state index contributed by atoms with van der Waals surface area (Å²) in [5.74, 6) is 2.06. The fraction of sp³-hybridized carbons (Fsp3) is 0.417. The Morgan fingerprint density at radius 1 is 1.47 bits per heavy atom. The maximum absolute atomic E-state index is 8.69. The molecule has 0 bridgehead atoms. The van der Waals surface area contributed by atoms with E-state index in [9.17, 15) is 0 Å². The van der Waals surface area contributed by atoms with E-state index in [4.69, 9.17) is 15.7 Å². The van der Waals surface area contributed by atoms with Crippen LogP contribution in [0.5, 0.6) is 0 Å². The van der Waals surface area contributed by atoms with Crippen LogP contribution >= 0.6 is 11.8 Å². The average molecular weight is 254 g/mol. The van der Waals surface area contributed by atoms with Crippen LogP contribution in [-0.2, 0) is 10.5 Å². The third kappa shape index (κ3) is 4.66. The molecule has 0 aliphatic rings. The molecule has 0 aliphatic heterocycles. The molecule has 0 amide bonds. The molecule has 1 aromatic carbocycles. The first kappa shape index (κ1) is 13.9. The highest BCUT2D eigenvalue weighted by molar-refractivity contribution is 7.98. The number of thioether (sulfide) groups is 1. The standard InChI is InChI=1S/C12H18N2O2S/c1-16-7-4-8-17-9-10-5-2-3-6-11(10)12(13)14-15/h2-3,5-6,15H,4,7-9H2,1H3,(H2,13,14). The molecule has 17 heavy (non-hydrogen) atoms. The molecule has 1 rings (SSSR count). The minimum Gasteiger partial charge on any atom is -0.409 e. The number of ether oxygens (including phenoxy) is 1. The highest BCUT2D eigenvalue weighted by Crippen LogP contribution is 2.17. The number of rotatable bonds is 7. The fourth-order valence-corrected chi connectivity index (χ4v) is 2.38. The molecule has 3 N–H and O–H groups in total. The van der Waals surface area contributed by atoms with Gasteiger partial charge in [0.2, 0.25) is 0 Å². The number of hydrogen-bond acceptors (Lipinski definition) is 4. The van der Waals surface area contributed by atoms with Crippen LogP contribution in [0.15, 0.2) is 29.4 Å². The molecule has 0 spiro atoms. The van der Waals surface area contributed by atoms with Crippen molar-refractivity contribution in [3.63, 3.8) is 0 Å². The van der Waals surface area contributed by atoms with Crippen molar-refractivity contribution in [3.05, 3.63) is 35.4 Å². The Labute approximate surface area is 106 Å². The summed E-state index contributed by atoms with van der Waals surface area (Å²) in [5, 5.41) is 11.7. The number of hydrogen-bond donors (Lipinski definition) is 2. The second-order valence-corrected chi connectivity index (χ2v) is 4.65. The van der Waals surface area contributed by atoms with Gasteiger partial charge in [0.25, 0.3) is 0 Å². The maximum atomic E-state index is 8.69. The van der Waals surface area contributed by atoms with Gasteiger partial charge in [0.1, 0.15) is 0 Å². The van der Waals surface area contributed by atoms with Gasteiger partial charge in [-0.15, -0.1) is 0 Å². The van der Waals surface area contributed by atoms with Gasteiger partial charge in [0, 0.05) is 25.0 Å². The Bertz CT molecular complexity index is 369. The van der Waals surface area contributed by atoms with E-state index in [1.807, 2.05) is 36.0 Å². The van der Waals surface area contributed by atoms with E-state index >= 15 is 0 Å². The lowest BCUT2D eigenvalue weighted by molar-refractivity contribution is 0.200. The summed E-state index contributed by atoms with van der Waals surface area (Å²) in [7, 11) is 1.71. The zero-order valence-electron chi connectivity index (χ0n) is 9.93. The van der Waals surface area contributed by atoms with Gasteiger partial charge in [0.15, 0.2) is 5.84 Å². The fourth-order valence-electron chi connectivity index (χ4n) is 1.44. The predicted octanol–water partition coefficient (Wildman–Crippen LogP) is 2.05. The molecule has 0 aromatic heterocycles. The summed E-state index contributed by atoms with van der Waals surface area (Å²) in [6.45, 7) is 0.787. The second kappa shape index (κ2) is 7.97. The lowest BCUT2D eigenvalue weighted by Crippen LogP contribution is -2.15. The van der Waals surface area contributed by atoms with Gasteiger partial charge < -0.3 is 15.7 Å². The SMILES string of the molecule is COCCCSCc1ccccc1C(N)=NO. The van der Waals surface area contributed by atoms with Crippen LogP contribution in [0.2, 0.25) is 0 Å². The van der Waals surface area contributed by atoms with E-state index in [-0.39, 0.29) is 5.84 Å². The summed E-state index contributed by atoms with van der Waals surface area (Å²) < 4.78 is 4.99. The Kier molecular flexibility index (Phi) is 6.50.